The molecule has 1 aliphatic rings. The molecule has 0 saturated carbocycles. The van der Waals surface area contributed by atoms with Crippen LogP contribution in [0.15, 0.2) is 18.2 Å². The van der Waals surface area contributed by atoms with Crippen LogP contribution >= 0.6 is 11.5 Å². The summed E-state index contributed by atoms with van der Waals surface area (Å²) in [7, 11) is 1.98. The first-order chi connectivity index (χ1) is 8.83. The van der Waals surface area contributed by atoms with Gasteiger partial charge in [0.2, 0.25) is 11.9 Å². The monoisotopic (exact) mass is 264 g/mol. The largest absolute Gasteiger partial charge is 0.454 e. The van der Waals surface area contributed by atoms with Gasteiger partial charge in [-0.25, -0.2) is 0 Å². The molecule has 0 radical (unpaired) electrons. The number of ether oxygens (including phenoxy) is 2. The number of nitrogens with zero attached hydrogens (tertiary/aromatic N) is 4. The number of likely N-dealkylation sites (N-methyl/N-ethyl adjacent to an activating group) is 1. The topological polar surface area (TPSA) is 60.4 Å². The average molecular weight is 264 g/mol. The molecule has 7 heteroatoms. The first kappa shape index (κ1) is 11.2. The Hall–Kier alpha value is -1.89. The van der Waals surface area contributed by atoms with Crippen LogP contribution in [0.3, 0.4) is 0 Å². The van der Waals surface area contributed by atoms with Gasteiger partial charge >= 0.3 is 0 Å². The lowest BCUT2D eigenvalue weighted by Gasteiger charge is -2.14. The van der Waals surface area contributed by atoms with Crippen molar-refractivity contribution in [3.05, 3.63) is 23.8 Å². The van der Waals surface area contributed by atoms with Crippen molar-refractivity contribution in [1.82, 2.24) is 14.8 Å². The summed E-state index contributed by atoms with van der Waals surface area (Å²) in [5.41, 5.74) is 1.21. The van der Waals surface area contributed by atoms with Gasteiger partial charge in [-0.1, -0.05) is 15.7 Å². The highest BCUT2D eigenvalue weighted by Gasteiger charge is 2.13. The molecule has 1 aromatic heterocycles. The predicted molar refractivity (Wildman–Crippen MR) is 67.2 cm³/mol. The molecule has 0 atom stereocenters. The van der Waals surface area contributed by atoms with Gasteiger partial charge in [0.15, 0.2) is 11.5 Å². The van der Waals surface area contributed by atoms with Gasteiger partial charge < -0.3 is 14.4 Å². The molecule has 0 amide bonds. The van der Waals surface area contributed by atoms with Crippen molar-refractivity contribution in [3.8, 4) is 11.5 Å². The Morgan fingerprint density at radius 1 is 1.33 bits per heavy atom. The van der Waals surface area contributed by atoms with E-state index in [-0.39, 0.29) is 0 Å². The molecule has 1 aliphatic heterocycles. The summed E-state index contributed by atoms with van der Waals surface area (Å²) in [6, 6.07) is 6.03. The molecule has 2 aromatic rings. The molecule has 0 bridgehead atoms. The molecule has 0 fully saturated rings. The van der Waals surface area contributed by atoms with Crippen molar-refractivity contribution in [2.24, 2.45) is 0 Å². The van der Waals surface area contributed by atoms with Crippen LogP contribution in [-0.4, -0.2) is 35.2 Å². The number of anilines is 1. The average Bonchev–Trinajstić information content (AvgIpc) is 3.05. The Kier molecular flexibility index (Phi) is 2.97. The lowest BCUT2D eigenvalue weighted by Crippen LogP contribution is -2.20. The zero-order valence-electron chi connectivity index (χ0n) is 9.87. The lowest BCUT2D eigenvalue weighted by molar-refractivity contribution is 0.174. The number of aromatic nitrogens is 3. The molecule has 0 saturated heterocycles. The van der Waals surface area contributed by atoms with Crippen molar-refractivity contribution < 1.29 is 9.47 Å². The minimum atomic E-state index is 0.315. The van der Waals surface area contributed by atoms with Gasteiger partial charge in [0.1, 0.15) is 0 Å². The van der Waals surface area contributed by atoms with Gasteiger partial charge in [0.05, 0.1) is 0 Å². The summed E-state index contributed by atoms with van der Waals surface area (Å²) in [4.78, 5) is 2.04. The van der Waals surface area contributed by atoms with Gasteiger partial charge in [-0.2, -0.15) is 0 Å². The van der Waals surface area contributed by atoms with E-state index < -0.39 is 0 Å². The van der Waals surface area contributed by atoms with E-state index in [0.29, 0.717) is 6.79 Å². The first-order valence-corrected chi connectivity index (χ1v) is 6.35. The normalized spacial score (nSPS) is 12.7. The van der Waals surface area contributed by atoms with Crippen molar-refractivity contribution >= 4 is 16.7 Å². The molecular formula is C11H12N4O2S. The second-order valence-electron chi connectivity index (χ2n) is 4.00. The summed E-state index contributed by atoms with van der Waals surface area (Å²) >= 11 is 1.30. The fourth-order valence-corrected chi connectivity index (χ4v) is 2.21. The minimum absolute atomic E-state index is 0.315. The molecule has 0 spiro atoms. The molecule has 1 aromatic carbocycles. The Bertz CT molecular complexity index is 532. The number of rotatable bonds is 4. The van der Waals surface area contributed by atoms with Gasteiger partial charge in [-0.3, -0.25) is 0 Å². The van der Waals surface area contributed by atoms with Crippen molar-refractivity contribution in [1.29, 1.82) is 0 Å². The van der Waals surface area contributed by atoms with Crippen molar-refractivity contribution in [2.45, 2.75) is 6.42 Å². The first-order valence-electron chi connectivity index (χ1n) is 5.57. The summed E-state index contributed by atoms with van der Waals surface area (Å²) in [6.07, 6.45) is 0.909. The van der Waals surface area contributed by atoms with Crippen LogP contribution in [0.4, 0.5) is 5.13 Å². The second-order valence-corrected chi connectivity index (χ2v) is 4.72. The summed E-state index contributed by atoms with van der Waals surface area (Å²) in [5.74, 6) is 1.65. The van der Waals surface area contributed by atoms with Gasteiger partial charge in [0, 0.05) is 25.1 Å². The highest BCUT2D eigenvalue weighted by atomic mass is 32.1. The SMILES string of the molecule is CN(CCc1ccc2c(c1)OCO2)c1nnns1. The van der Waals surface area contributed by atoms with E-state index in [9.17, 15) is 0 Å². The zero-order valence-corrected chi connectivity index (χ0v) is 10.7. The van der Waals surface area contributed by atoms with Gasteiger partial charge in [-0.05, 0) is 29.3 Å². The predicted octanol–water partition coefficient (Wildman–Crippen LogP) is 1.34. The van der Waals surface area contributed by atoms with Crippen molar-refractivity contribution in [2.75, 3.05) is 25.3 Å². The molecule has 2 heterocycles. The molecule has 6 nitrogen and oxygen atoms in total. The fourth-order valence-electron chi connectivity index (χ4n) is 1.76. The smallest absolute Gasteiger partial charge is 0.231 e. The maximum Gasteiger partial charge on any atom is 0.231 e. The van der Waals surface area contributed by atoms with Crippen LogP contribution in [0.25, 0.3) is 0 Å². The Morgan fingerprint density at radius 3 is 3.06 bits per heavy atom. The van der Waals surface area contributed by atoms with E-state index in [1.165, 1.54) is 17.1 Å². The van der Waals surface area contributed by atoms with Crippen LogP contribution in [0, 0.1) is 0 Å². The van der Waals surface area contributed by atoms with E-state index in [2.05, 4.69) is 20.9 Å². The maximum atomic E-state index is 5.35. The quantitative estimate of drug-likeness (QED) is 0.830. The van der Waals surface area contributed by atoms with E-state index >= 15 is 0 Å². The van der Waals surface area contributed by atoms with E-state index in [4.69, 9.17) is 9.47 Å². The van der Waals surface area contributed by atoms with E-state index in [1.807, 2.05) is 24.1 Å². The van der Waals surface area contributed by atoms with Crippen LogP contribution in [-0.2, 0) is 6.42 Å². The van der Waals surface area contributed by atoms with E-state index in [1.54, 1.807) is 0 Å². The van der Waals surface area contributed by atoms with Crippen LogP contribution < -0.4 is 14.4 Å². The minimum Gasteiger partial charge on any atom is -0.454 e. The number of fused-ring (bicyclic) bond motifs is 1. The third-order valence-corrected chi connectivity index (χ3v) is 3.50. The fraction of sp³-hybridized carbons (Fsp3) is 0.364. The maximum absolute atomic E-state index is 5.35. The van der Waals surface area contributed by atoms with Crippen molar-refractivity contribution in [3.63, 3.8) is 0 Å². The molecule has 3 rings (SSSR count). The molecule has 0 unspecified atom stereocenters. The Morgan fingerprint density at radius 2 is 2.22 bits per heavy atom. The second kappa shape index (κ2) is 4.77. The van der Waals surface area contributed by atoms with Gasteiger partial charge in [0.25, 0.3) is 0 Å². The van der Waals surface area contributed by atoms with Crippen LogP contribution in [0.2, 0.25) is 0 Å². The van der Waals surface area contributed by atoms with Crippen LogP contribution in [0.1, 0.15) is 5.56 Å². The molecular weight excluding hydrogens is 252 g/mol. The summed E-state index contributed by atoms with van der Waals surface area (Å²) in [5, 5.41) is 8.34. The third-order valence-electron chi connectivity index (χ3n) is 2.79. The highest BCUT2D eigenvalue weighted by Crippen LogP contribution is 2.32. The molecule has 18 heavy (non-hydrogen) atoms. The molecule has 0 aliphatic carbocycles. The summed E-state index contributed by atoms with van der Waals surface area (Å²) < 4.78 is 14.4. The Labute approximate surface area is 108 Å². The zero-order chi connectivity index (χ0) is 12.4. The third kappa shape index (κ3) is 2.21. The summed E-state index contributed by atoms with van der Waals surface area (Å²) in [6.45, 7) is 1.17. The molecule has 94 valence electrons. The number of hydrogen-bond donors (Lipinski definition) is 0. The number of hydrogen-bond acceptors (Lipinski definition) is 7. The Balaban J connectivity index is 1.63. The number of benzene rings is 1. The lowest BCUT2D eigenvalue weighted by atomic mass is 10.1. The van der Waals surface area contributed by atoms with Crippen LogP contribution in [0.5, 0.6) is 11.5 Å². The molecule has 0 N–H and O–H groups in total. The highest BCUT2D eigenvalue weighted by molar-refractivity contribution is 7.09. The van der Waals surface area contributed by atoms with Gasteiger partial charge in [-0.15, -0.1) is 0 Å². The van der Waals surface area contributed by atoms with E-state index in [0.717, 1.165) is 29.6 Å². The standard InChI is InChI=1S/C11H12N4O2S/c1-15(11-12-13-14-18-11)5-4-8-2-3-9-10(6-8)17-7-16-9/h2-3,6H,4-5,7H2,1H3.